The Morgan fingerprint density at radius 2 is 1.69 bits per heavy atom. The third-order valence-corrected chi connectivity index (χ3v) is 7.45. The number of likely N-dealkylation sites (tertiary alicyclic amines) is 1. The predicted molar refractivity (Wildman–Crippen MR) is 148 cm³/mol. The smallest absolute Gasteiger partial charge is 0.309 e. The van der Waals surface area contributed by atoms with Gasteiger partial charge in [-0.2, -0.15) is 0 Å². The van der Waals surface area contributed by atoms with Crippen molar-refractivity contribution in [1.82, 2.24) is 14.9 Å². The fourth-order valence-electron chi connectivity index (χ4n) is 5.30. The maximum absolute atomic E-state index is 14.4. The number of aryl methyl sites for hydroxylation is 1. The lowest BCUT2D eigenvalue weighted by molar-refractivity contribution is -0.149. The van der Waals surface area contributed by atoms with Crippen LogP contribution in [0.2, 0.25) is 0 Å². The van der Waals surface area contributed by atoms with Gasteiger partial charge in [-0.15, -0.1) is 0 Å². The molecule has 3 aromatic rings. The van der Waals surface area contributed by atoms with Gasteiger partial charge in [0.2, 0.25) is 0 Å². The Hall–Kier alpha value is -4.01. The minimum atomic E-state index is -0.239. The van der Waals surface area contributed by atoms with Crippen LogP contribution in [0.25, 0.3) is 11.4 Å². The second-order valence-corrected chi connectivity index (χ2v) is 10.0. The molecule has 2 fully saturated rings. The van der Waals surface area contributed by atoms with E-state index in [-0.39, 0.29) is 23.6 Å². The topological polar surface area (TPSA) is 78.9 Å². The van der Waals surface area contributed by atoms with E-state index in [4.69, 9.17) is 9.72 Å². The number of para-hydroxylation sites is 1. The zero-order chi connectivity index (χ0) is 27.4. The molecule has 0 atom stereocenters. The number of carbonyl (C=O) groups excluding carboxylic acids is 2. The van der Waals surface area contributed by atoms with Gasteiger partial charge in [-0.3, -0.25) is 9.59 Å². The first-order valence-corrected chi connectivity index (χ1v) is 13.6. The predicted octanol–water partition coefficient (Wildman–Crippen LogP) is 4.33. The van der Waals surface area contributed by atoms with Crippen LogP contribution in [0.15, 0.2) is 54.7 Å². The van der Waals surface area contributed by atoms with Crippen LogP contribution in [-0.4, -0.2) is 72.6 Å². The van der Waals surface area contributed by atoms with Crippen LogP contribution < -0.4 is 9.80 Å². The molecule has 0 radical (unpaired) electrons. The van der Waals surface area contributed by atoms with Crippen molar-refractivity contribution in [3.05, 3.63) is 71.7 Å². The molecule has 0 aliphatic carbocycles. The number of halogens is 1. The summed E-state index contributed by atoms with van der Waals surface area (Å²) in [5.74, 6) is 0.398. The Labute approximate surface area is 228 Å². The molecule has 8 nitrogen and oxygen atoms in total. The van der Waals surface area contributed by atoms with Gasteiger partial charge in [0, 0.05) is 51.0 Å². The lowest BCUT2D eigenvalue weighted by atomic mass is 9.96. The summed E-state index contributed by atoms with van der Waals surface area (Å²) in [5, 5.41) is 0. The maximum atomic E-state index is 14.4. The summed E-state index contributed by atoms with van der Waals surface area (Å²) in [7, 11) is 0. The van der Waals surface area contributed by atoms with Gasteiger partial charge in [0.1, 0.15) is 17.2 Å². The highest BCUT2D eigenvalue weighted by Crippen LogP contribution is 2.28. The van der Waals surface area contributed by atoms with E-state index in [2.05, 4.69) is 9.88 Å². The number of hydrogen-bond donors (Lipinski definition) is 0. The maximum Gasteiger partial charge on any atom is 0.309 e. The molecule has 0 saturated carbocycles. The standard InChI is InChI=1S/C30H34FN5O3/c1-3-39-30(38)22-11-13-36(14-12-22)29(37)24-20-32-27(23-8-6-7-21(2)19-23)33-28(24)35-17-15-34(16-18-35)26-10-5-4-9-25(26)31/h4-10,19-20,22H,3,11-18H2,1-2H3. The first-order valence-electron chi connectivity index (χ1n) is 13.6. The van der Waals surface area contributed by atoms with E-state index >= 15 is 0 Å². The molecule has 0 unspecified atom stereocenters. The van der Waals surface area contributed by atoms with Crippen molar-refractivity contribution in [2.75, 3.05) is 55.7 Å². The van der Waals surface area contributed by atoms with Crippen LogP contribution in [0, 0.1) is 18.7 Å². The summed E-state index contributed by atoms with van der Waals surface area (Å²) in [6, 6.07) is 14.8. The molecule has 9 heteroatoms. The molecular weight excluding hydrogens is 497 g/mol. The number of nitrogens with zero attached hydrogens (tertiary/aromatic N) is 5. The van der Waals surface area contributed by atoms with E-state index in [1.54, 1.807) is 30.2 Å². The van der Waals surface area contributed by atoms with Gasteiger partial charge in [0.15, 0.2) is 5.82 Å². The van der Waals surface area contributed by atoms with Crippen molar-refractivity contribution in [3.63, 3.8) is 0 Å². The van der Waals surface area contributed by atoms with Crippen molar-refractivity contribution in [2.24, 2.45) is 5.92 Å². The summed E-state index contributed by atoms with van der Waals surface area (Å²) in [6.45, 7) is 7.50. The molecule has 0 N–H and O–H groups in total. The van der Waals surface area contributed by atoms with Crippen molar-refractivity contribution in [2.45, 2.75) is 26.7 Å². The number of aromatic nitrogens is 2. The van der Waals surface area contributed by atoms with E-state index in [9.17, 15) is 14.0 Å². The number of anilines is 2. The summed E-state index contributed by atoms with van der Waals surface area (Å²) in [4.78, 5) is 41.3. The Morgan fingerprint density at radius 1 is 0.974 bits per heavy atom. The Bertz CT molecular complexity index is 1330. The number of piperidine rings is 1. The average Bonchev–Trinajstić information content (AvgIpc) is 2.97. The minimum Gasteiger partial charge on any atom is -0.466 e. The van der Waals surface area contributed by atoms with Crippen molar-refractivity contribution in [3.8, 4) is 11.4 Å². The van der Waals surface area contributed by atoms with Crippen LogP contribution >= 0.6 is 0 Å². The zero-order valence-corrected chi connectivity index (χ0v) is 22.5. The highest BCUT2D eigenvalue weighted by molar-refractivity contribution is 5.99. The summed E-state index contributed by atoms with van der Waals surface area (Å²) >= 11 is 0. The number of rotatable bonds is 6. The van der Waals surface area contributed by atoms with Gasteiger partial charge in [-0.25, -0.2) is 14.4 Å². The largest absolute Gasteiger partial charge is 0.466 e. The number of carbonyl (C=O) groups is 2. The van der Waals surface area contributed by atoms with Gasteiger partial charge in [0.05, 0.1) is 18.2 Å². The molecule has 2 aliphatic rings. The second kappa shape index (κ2) is 11.8. The van der Waals surface area contributed by atoms with E-state index in [0.717, 1.165) is 11.1 Å². The highest BCUT2D eigenvalue weighted by atomic mass is 19.1. The molecule has 39 heavy (non-hydrogen) atoms. The lowest BCUT2D eigenvalue weighted by Gasteiger charge is -2.38. The summed E-state index contributed by atoms with van der Waals surface area (Å²) in [5.41, 5.74) is 3.01. The van der Waals surface area contributed by atoms with Crippen LogP contribution in [0.5, 0.6) is 0 Å². The monoisotopic (exact) mass is 531 g/mol. The molecule has 2 aliphatic heterocycles. The van der Waals surface area contributed by atoms with E-state index in [0.29, 0.717) is 81.6 Å². The number of piperazine rings is 1. The third kappa shape index (κ3) is 5.87. The van der Waals surface area contributed by atoms with Crippen molar-refractivity contribution < 1.29 is 18.7 Å². The number of ether oxygens (including phenoxy) is 1. The van der Waals surface area contributed by atoms with Crippen LogP contribution in [0.3, 0.4) is 0 Å². The van der Waals surface area contributed by atoms with Crippen LogP contribution in [-0.2, 0) is 9.53 Å². The van der Waals surface area contributed by atoms with Gasteiger partial charge >= 0.3 is 5.97 Å². The van der Waals surface area contributed by atoms with E-state index < -0.39 is 0 Å². The average molecular weight is 532 g/mol. The summed E-state index contributed by atoms with van der Waals surface area (Å²) in [6.07, 6.45) is 2.77. The first-order chi connectivity index (χ1) is 18.9. The molecule has 0 spiro atoms. The quantitative estimate of drug-likeness (QED) is 0.438. The molecule has 1 amide bonds. The molecule has 1 aromatic heterocycles. The van der Waals surface area contributed by atoms with Gasteiger partial charge < -0.3 is 19.4 Å². The molecule has 3 heterocycles. The fraction of sp³-hybridized carbons (Fsp3) is 0.400. The number of esters is 1. The second-order valence-electron chi connectivity index (χ2n) is 10.0. The number of benzene rings is 2. The van der Waals surface area contributed by atoms with Gasteiger partial charge in [-0.1, -0.05) is 35.9 Å². The first kappa shape index (κ1) is 26.6. The van der Waals surface area contributed by atoms with Crippen molar-refractivity contribution in [1.29, 1.82) is 0 Å². The normalized spacial score (nSPS) is 16.3. The summed E-state index contributed by atoms with van der Waals surface area (Å²) < 4.78 is 19.6. The molecule has 0 bridgehead atoms. The Balaban J connectivity index is 1.39. The van der Waals surface area contributed by atoms with Crippen LogP contribution in [0.4, 0.5) is 15.9 Å². The van der Waals surface area contributed by atoms with Crippen LogP contribution in [0.1, 0.15) is 35.7 Å². The molecule has 2 saturated heterocycles. The van der Waals surface area contributed by atoms with Gasteiger partial charge in [-0.05, 0) is 44.9 Å². The third-order valence-electron chi connectivity index (χ3n) is 7.45. The SMILES string of the molecule is CCOC(=O)C1CCN(C(=O)c2cnc(-c3cccc(C)c3)nc2N2CCN(c3ccccc3F)CC2)CC1. The molecule has 5 rings (SSSR count). The molecular formula is C30H34FN5O3. The Morgan fingerprint density at radius 3 is 2.38 bits per heavy atom. The van der Waals surface area contributed by atoms with E-state index in [1.165, 1.54) is 6.07 Å². The Kier molecular flexibility index (Phi) is 8.05. The number of amides is 1. The van der Waals surface area contributed by atoms with E-state index in [1.807, 2.05) is 42.2 Å². The van der Waals surface area contributed by atoms with Crippen molar-refractivity contribution >= 4 is 23.4 Å². The molecule has 204 valence electrons. The fourth-order valence-corrected chi connectivity index (χ4v) is 5.30. The number of hydrogen-bond acceptors (Lipinski definition) is 7. The lowest BCUT2D eigenvalue weighted by Crippen LogP contribution is -2.48. The minimum absolute atomic E-state index is 0.139. The molecule has 2 aromatic carbocycles. The van der Waals surface area contributed by atoms with Gasteiger partial charge in [0.25, 0.3) is 5.91 Å². The zero-order valence-electron chi connectivity index (χ0n) is 22.5. The highest BCUT2D eigenvalue weighted by Gasteiger charge is 2.32.